The van der Waals surface area contributed by atoms with Gasteiger partial charge in [-0.3, -0.25) is 9.89 Å². The van der Waals surface area contributed by atoms with E-state index in [-0.39, 0.29) is 11.7 Å². The van der Waals surface area contributed by atoms with Crippen LogP contribution in [-0.4, -0.2) is 46.0 Å². The highest BCUT2D eigenvalue weighted by Gasteiger charge is 2.22. The van der Waals surface area contributed by atoms with Gasteiger partial charge in [-0.05, 0) is 12.5 Å². The molecule has 29 heavy (non-hydrogen) atoms. The second-order valence-corrected chi connectivity index (χ2v) is 7.40. The summed E-state index contributed by atoms with van der Waals surface area (Å²) in [5.74, 6) is -0.0350. The zero-order valence-corrected chi connectivity index (χ0v) is 17.0. The number of carbonyl (C=O) groups excluding carboxylic acids is 2. The molecule has 0 aliphatic rings. The van der Waals surface area contributed by atoms with Gasteiger partial charge in [0.2, 0.25) is 11.1 Å². The summed E-state index contributed by atoms with van der Waals surface area (Å²) in [5, 5.41) is 10.2. The molecular weight excluding hydrogens is 388 g/mol. The molecule has 1 heterocycles. The highest BCUT2D eigenvalue weighted by molar-refractivity contribution is 7.99. The van der Waals surface area contributed by atoms with Crippen molar-refractivity contribution in [1.29, 1.82) is 0 Å². The third-order valence-corrected chi connectivity index (χ3v) is 5.07. The van der Waals surface area contributed by atoms with Crippen molar-refractivity contribution in [3.8, 4) is 11.4 Å². The number of methoxy groups -OCH3 is 1. The van der Waals surface area contributed by atoms with E-state index >= 15 is 0 Å². The van der Waals surface area contributed by atoms with Crippen LogP contribution in [0.1, 0.15) is 11.1 Å². The summed E-state index contributed by atoms with van der Waals surface area (Å²) in [7, 11) is 1.31. The van der Waals surface area contributed by atoms with E-state index in [0.29, 0.717) is 17.4 Å². The third-order valence-electron chi connectivity index (χ3n) is 4.23. The minimum absolute atomic E-state index is 0.0907. The van der Waals surface area contributed by atoms with Crippen LogP contribution >= 0.6 is 11.8 Å². The quantitative estimate of drug-likeness (QED) is 0.438. The Labute approximate surface area is 173 Å². The molecule has 3 aromatic rings. The van der Waals surface area contributed by atoms with Crippen LogP contribution in [0.25, 0.3) is 11.4 Å². The Bertz CT molecular complexity index is 958. The van der Waals surface area contributed by atoms with E-state index in [1.807, 2.05) is 61.5 Å². The smallest absolute Gasteiger partial charge is 0.328 e. The molecule has 2 N–H and O–H groups in total. The highest BCUT2D eigenvalue weighted by Crippen LogP contribution is 2.19. The lowest BCUT2D eigenvalue weighted by molar-refractivity contribution is -0.144. The first kappa shape index (κ1) is 20.6. The third kappa shape index (κ3) is 5.92. The fraction of sp³-hybridized carbons (Fsp3) is 0.238. The number of H-pyrrole nitrogens is 1. The first-order chi connectivity index (χ1) is 14.0. The predicted octanol–water partition coefficient (Wildman–Crippen LogP) is 2.77. The summed E-state index contributed by atoms with van der Waals surface area (Å²) < 4.78 is 4.82. The topological polar surface area (TPSA) is 97.0 Å². The molecule has 150 valence electrons. The fourth-order valence-electron chi connectivity index (χ4n) is 2.70. The molecule has 0 aliphatic heterocycles. The van der Waals surface area contributed by atoms with Gasteiger partial charge in [-0.2, -0.15) is 0 Å². The Morgan fingerprint density at radius 2 is 1.86 bits per heavy atom. The van der Waals surface area contributed by atoms with Gasteiger partial charge in [-0.15, -0.1) is 5.10 Å². The number of benzene rings is 2. The Morgan fingerprint density at radius 3 is 2.55 bits per heavy atom. The maximum absolute atomic E-state index is 12.3. The van der Waals surface area contributed by atoms with Gasteiger partial charge in [0, 0.05) is 12.0 Å². The summed E-state index contributed by atoms with van der Waals surface area (Å²) in [5.41, 5.74) is 3.02. The number of ether oxygens (including phenoxy) is 1. The Kier molecular flexibility index (Phi) is 7.02. The maximum Gasteiger partial charge on any atom is 0.328 e. The minimum atomic E-state index is -0.745. The first-order valence-corrected chi connectivity index (χ1v) is 10.1. The molecule has 1 atom stereocenters. The van der Waals surface area contributed by atoms with Crippen LogP contribution in [0.15, 0.2) is 59.8 Å². The first-order valence-electron chi connectivity index (χ1n) is 9.08. The van der Waals surface area contributed by atoms with Gasteiger partial charge in [0.1, 0.15) is 6.04 Å². The molecule has 8 heteroatoms. The van der Waals surface area contributed by atoms with E-state index in [2.05, 4.69) is 20.5 Å². The minimum Gasteiger partial charge on any atom is -0.467 e. The number of nitrogens with zero attached hydrogens (tertiary/aromatic N) is 2. The number of hydrogen-bond donors (Lipinski definition) is 2. The van der Waals surface area contributed by atoms with E-state index in [0.717, 1.165) is 16.7 Å². The zero-order valence-electron chi connectivity index (χ0n) is 16.2. The van der Waals surface area contributed by atoms with Crippen molar-refractivity contribution >= 4 is 23.6 Å². The lowest BCUT2D eigenvalue weighted by atomic mass is 10.1. The van der Waals surface area contributed by atoms with E-state index in [4.69, 9.17) is 4.74 Å². The van der Waals surface area contributed by atoms with E-state index < -0.39 is 12.0 Å². The second-order valence-electron chi connectivity index (χ2n) is 6.45. The molecule has 0 saturated heterocycles. The number of rotatable bonds is 8. The van der Waals surface area contributed by atoms with Crippen LogP contribution in [0.5, 0.6) is 0 Å². The molecule has 0 bridgehead atoms. The Morgan fingerprint density at radius 1 is 1.14 bits per heavy atom. The van der Waals surface area contributed by atoms with E-state index in [9.17, 15) is 9.59 Å². The highest BCUT2D eigenvalue weighted by atomic mass is 32.2. The molecule has 0 saturated carbocycles. The number of carbonyl (C=O) groups is 2. The largest absolute Gasteiger partial charge is 0.467 e. The van der Waals surface area contributed by atoms with Crippen molar-refractivity contribution in [2.24, 2.45) is 0 Å². The van der Waals surface area contributed by atoms with Crippen LogP contribution in [0.2, 0.25) is 0 Å². The van der Waals surface area contributed by atoms with Crippen LogP contribution < -0.4 is 5.32 Å². The van der Waals surface area contributed by atoms with Gasteiger partial charge in [0.05, 0.1) is 12.9 Å². The van der Waals surface area contributed by atoms with Crippen molar-refractivity contribution in [1.82, 2.24) is 20.5 Å². The summed E-state index contributed by atoms with van der Waals surface area (Å²) in [4.78, 5) is 28.8. The van der Waals surface area contributed by atoms with Gasteiger partial charge < -0.3 is 10.1 Å². The molecule has 0 fully saturated rings. The normalized spacial score (nSPS) is 11.7. The number of aryl methyl sites for hydroxylation is 1. The van der Waals surface area contributed by atoms with Crippen LogP contribution in [-0.2, 0) is 20.7 Å². The molecule has 1 aromatic heterocycles. The number of aromatic amines is 1. The predicted molar refractivity (Wildman–Crippen MR) is 111 cm³/mol. The van der Waals surface area contributed by atoms with E-state index in [1.54, 1.807) is 0 Å². The van der Waals surface area contributed by atoms with Gasteiger partial charge in [0.25, 0.3) is 0 Å². The molecule has 0 aliphatic carbocycles. The molecule has 0 spiro atoms. The maximum atomic E-state index is 12.3. The Hall–Kier alpha value is -3.13. The second kappa shape index (κ2) is 9.88. The number of amides is 1. The Balaban J connectivity index is 1.56. The summed E-state index contributed by atoms with van der Waals surface area (Å²) in [6, 6.07) is 16.6. The van der Waals surface area contributed by atoms with Crippen LogP contribution in [0, 0.1) is 6.92 Å². The van der Waals surface area contributed by atoms with Gasteiger partial charge in [0.15, 0.2) is 5.82 Å². The van der Waals surface area contributed by atoms with Crippen LogP contribution in [0.4, 0.5) is 0 Å². The number of hydrogen-bond acceptors (Lipinski definition) is 6. The van der Waals surface area contributed by atoms with Gasteiger partial charge in [-0.25, -0.2) is 9.78 Å². The van der Waals surface area contributed by atoms with Crippen molar-refractivity contribution < 1.29 is 14.3 Å². The SMILES string of the molecule is COC(=O)[C@H](Cc1ccccc1)NC(=O)CSc1n[nH]c(-c2ccc(C)cc2)n1. The zero-order chi connectivity index (χ0) is 20.6. The summed E-state index contributed by atoms with van der Waals surface area (Å²) >= 11 is 1.20. The standard InChI is InChI=1S/C21H22N4O3S/c1-14-8-10-16(11-9-14)19-23-21(25-24-19)29-13-18(26)22-17(20(27)28-2)12-15-6-4-3-5-7-15/h3-11,17H,12-13H2,1-2H3,(H,22,26)(H,23,24,25)/t17-/m0/s1. The average Bonchev–Trinajstić information content (AvgIpc) is 3.21. The summed E-state index contributed by atoms with van der Waals surface area (Å²) in [6.45, 7) is 2.02. The lowest BCUT2D eigenvalue weighted by Crippen LogP contribution is -2.43. The lowest BCUT2D eigenvalue weighted by Gasteiger charge is -2.16. The molecule has 0 radical (unpaired) electrons. The van der Waals surface area contributed by atoms with Crippen molar-refractivity contribution in [2.75, 3.05) is 12.9 Å². The summed E-state index contributed by atoms with van der Waals surface area (Å²) in [6.07, 6.45) is 0.363. The van der Waals surface area contributed by atoms with Crippen molar-refractivity contribution in [3.05, 3.63) is 65.7 Å². The fourth-order valence-corrected chi connectivity index (χ4v) is 3.31. The molecule has 0 unspecified atom stereocenters. The number of nitrogens with one attached hydrogen (secondary N) is 2. The monoisotopic (exact) mass is 410 g/mol. The average molecular weight is 410 g/mol. The molecule has 2 aromatic carbocycles. The molecule has 7 nitrogen and oxygen atoms in total. The van der Waals surface area contributed by atoms with Crippen molar-refractivity contribution in [3.63, 3.8) is 0 Å². The number of aromatic nitrogens is 3. The molecule has 1 amide bonds. The number of thioether (sulfide) groups is 1. The molecular formula is C21H22N4O3S. The van der Waals surface area contributed by atoms with Gasteiger partial charge >= 0.3 is 5.97 Å². The van der Waals surface area contributed by atoms with Gasteiger partial charge in [-0.1, -0.05) is 71.9 Å². The van der Waals surface area contributed by atoms with E-state index in [1.165, 1.54) is 18.9 Å². The molecule has 3 rings (SSSR count). The van der Waals surface area contributed by atoms with Crippen molar-refractivity contribution in [2.45, 2.75) is 24.5 Å². The van der Waals surface area contributed by atoms with Crippen LogP contribution in [0.3, 0.4) is 0 Å². The number of esters is 1.